The van der Waals surface area contributed by atoms with Gasteiger partial charge >= 0.3 is 0 Å². The summed E-state index contributed by atoms with van der Waals surface area (Å²) in [5.41, 5.74) is 7.95. The molecule has 0 radical (unpaired) electrons. The van der Waals surface area contributed by atoms with Crippen molar-refractivity contribution in [2.75, 3.05) is 6.54 Å². The van der Waals surface area contributed by atoms with Crippen molar-refractivity contribution in [3.63, 3.8) is 0 Å². The van der Waals surface area contributed by atoms with Crippen LogP contribution in [0.4, 0.5) is 0 Å². The number of thiazole rings is 1. The topological polar surface area (TPSA) is 38.9 Å². The molecule has 2 rings (SSSR count). The lowest BCUT2D eigenvalue weighted by molar-refractivity contribution is 0.638. The predicted molar refractivity (Wildman–Crippen MR) is 71.1 cm³/mol. The van der Waals surface area contributed by atoms with Crippen molar-refractivity contribution in [2.45, 2.75) is 32.6 Å². The number of fused-ring (bicyclic) bond motifs is 1. The van der Waals surface area contributed by atoms with Crippen LogP contribution in [-0.2, 0) is 0 Å². The zero-order chi connectivity index (χ0) is 11.5. The van der Waals surface area contributed by atoms with E-state index in [9.17, 15) is 0 Å². The Hall–Kier alpha value is -0.930. The number of hydrogen-bond acceptors (Lipinski definition) is 3. The molecule has 1 atom stereocenters. The van der Waals surface area contributed by atoms with E-state index in [0.717, 1.165) is 24.9 Å². The van der Waals surface area contributed by atoms with Crippen LogP contribution in [0.25, 0.3) is 10.2 Å². The lowest BCUT2D eigenvalue weighted by Gasteiger charge is -2.05. The first-order valence-corrected chi connectivity index (χ1v) is 6.59. The van der Waals surface area contributed by atoms with Gasteiger partial charge in [0, 0.05) is 5.92 Å². The second-order valence-electron chi connectivity index (χ2n) is 4.36. The van der Waals surface area contributed by atoms with Gasteiger partial charge in [0.25, 0.3) is 0 Å². The van der Waals surface area contributed by atoms with E-state index in [1.54, 1.807) is 0 Å². The normalized spacial score (nSPS) is 13.2. The van der Waals surface area contributed by atoms with Crippen LogP contribution in [0.1, 0.15) is 36.3 Å². The zero-order valence-electron chi connectivity index (χ0n) is 9.86. The number of rotatable bonds is 4. The summed E-state index contributed by atoms with van der Waals surface area (Å²) in [5.74, 6) is 0.529. The minimum absolute atomic E-state index is 0.529. The molecule has 16 heavy (non-hydrogen) atoms. The van der Waals surface area contributed by atoms with Gasteiger partial charge in [0.05, 0.1) is 15.2 Å². The van der Waals surface area contributed by atoms with Crippen molar-refractivity contribution in [3.8, 4) is 0 Å². The monoisotopic (exact) mass is 234 g/mol. The second kappa shape index (κ2) is 4.93. The summed E-state index contributed by atoms with van der Waals surface area (Å²) in [6, 6.07) is 6.47. The first-order chi connectivity index (χ1) is 7.70. The smallest absolute Gasteiger partial charge is 0.0966 e. The number of benzene rings is 1. The molecule has 1 unspecified atom stereocenters. The maximum Gasteiger partial charge on any atom is 0.0966 e. The Balaban J connectivity index is 2.25. The molecule has 0 aliphatic rings. The van der Waals surface area contributed by atoms with Crippen LogP contribution in [0, 0.1) is 6.92 Å². The Bertz CT molecular complexity index is 476. The van der Waals surface area contributed by atoms with Gasteiger partial charge in [-0.05, 0) is 44.0 Å². The summed E-state index contributed by atoms with van der Waals surface area (Å²) in [6.45, 7) is 5.12. The van der Waals surface area contributed by atoms with E-state index in [2.05, 4.69) is 32.0 Å². The van der Waals surface area contributed by atoms with Crippen molar-refractivity contribution >= 4 is 21.6 Å². The van der Waals surface area contributed by atoms with Gasteiger partial charge < -0.3 is 5.73 Å². The van der Waals surface area contributed by atoms with Crippen molar-refractivity contribution < 1.29 is 0 Å². The Kier molecular flexibility index (Phi) is 3.56. The molecule has 1 aromatic carbocycles. The molecule has 0 bridgehead atoms. The molecule has 3 heteroatoms. The number of aromatic nitrogens is 1. The summed E-state index contributed by atoms with van der Waals surface area (Å²) in [6.07, 6.45) is 2.21. The minimum Gasteiger partial charge on any atom is -0.330 e. The van der Waals surface area contributed by atoms with Crippen LogP contribution in [0.5, 0.6) is 0 Å². The molecule has 0 saturated carbocycles. The fourth-order valence-electron chi connectivity index (χ4n) is 1.81. The molecule has 0 fully saturated rings. The predicted octanol–water partition coefficient (Wildman–Crippen LogP) is 3.45. The van der Waals surface area contributed by atoms with Crippen molar-refractivity contribution in [1.82, 2.24) is 4.98 Å². The fourth-order valence-corrected chi connectivity index (χ4v) is 2.85. The number of aryl methyl sites for hydroxylation is 1. The van der Waals surface area contributed by atoms with Crippen LogP contribution in [0.15, 0.2) is 18.2 Å². The Morgan fingerprint density at radius 3 is 3.00 bits per heavy atom. The quantitative estimate of drug-likeness (QED) is 0.880. The van der Waals surface area contributed by atoms with Crippen LogP contribution < -0.4 is 5.73 Å². The molecule has 1 aromatic heterocycles. The third-order valence-corrected chi connectivity index (χ3v) is 4.09. The van der Waals surface area contributed by atoms with Crippen LogP contribution >= 0.6 is 11.3 Å². The average molecular weight is 234 g/mol. The highest BCUT2D eigenvalue weighted by atomic mass is 32.1. The van der Waals surface area contributed by atoms with E-state index in [1.165, 1.54) is 15.3 Å². The number of hydrogen-bond donors (Lipinski definition) is 1. The standard InChI is InChI=1S/C13H18N2S/c1-9-5-6-12-11(8-9)15-13(16-12)10(2)4-3-7-14/h5-6,8,10H,3-4,7,14H2,1-2H3. The molecule has 2 aromatic rings. The molecule has 0 spiro atoms. The molecule has 0 amide bonds. The third-order valence-electron chi connectivity index (χ3n) is 2.82. The largest absolute Gasteiger partial charge is 0.330 e. The van der Waals surface area contributed by atoms with Gasteiger partial charge in [0.15, 0.2) is 0 Å². The van der Waals surface area contributed by atoms with Gasteiger partial charge in [0.1, 0.15) is 0 Å². The molecule has 86 valence electrons. The highest BCUT2D eigenvalue weighted by molar-refractivity contribution is 7.18. The lowest BCUT2D eigenvalue weighted by atomic mass is 10.1. The molecule has 0 aliphatic carbocycles. The average Bonchev–Trinajstić information content (AvgIpc) is 2.68. The Labute approximate surface area is 101 Å². The summed E-state index contributed by atoms with van der Waals surface area (Å²) in [4.78, 5) is 4.70. The lowest BCUT2D eigenvalue weighted by Crippen LogP contribution is -2.01. The van der Waals surface area contributed by atoms with Gasteiger partial charge in [-0.25, -0.2) is 4.98 Å². The molecule has 0 saturated heterocycles. The fraction of sp³-hybridized carbons (Fsp3) is 0.462. The van der Waals surface area contributed by atoms with E-state index in [-0.39, 0.29) is 0 Å². The van der Waals surface area contributed by atoms with E-state index in [4.69, 9.17) is 10.7 Å². The van der Waals surface area contributed by atoms with E-state index in [0.29, 0.717) is 5.92 Å². The number of nitrogens with zero attached hydrogens (tertiary/aromatic N) is 1. The highest BCUT2D eigenvalue weighted by Gasteiger charge is 2.10. The van der Waals surface area contributed by atoms with Crippen LogP contribution in [0.3, 0.4) is 0 Å². The molecule has 2 nitrogen and oxygen atoms in total. The van der Waals surface area contributed by atoms with Crippen molar-refractivity contribution in [3.05, 3.63) is 28.8 Å². The molecular weight excluding hydrogens is 216 g/mol. The zero-order valence-corrected chi connectivity index (χ0v) is 10.7. The Morgan fingerprint density at radius 2 is 2.25 bits per heavy atom. The molecule has 2 N–H and O–H groups in total. The molecular formula is C13H18N2S. The van der Waals surface area contributed by atoms with Crippen molar-refractivity contribution in [2.24, 2.45) is 5.73 Å². The van der Waals surface area contributed by atoms with E-state index >= 15 is 0 Å². The van der Waals surface area contributed by atoms with Crippen LogP contribution in [0.2, 0.25) is 0 Å². The van der Waals surface area contributed by atoms with Gasteiger partial charge in [-0.15, -0.1) is 11.3 Å². The Morgan fingerprint density at radius 1 is 1.44 bits per heavy atom. The van der Waals surface area contributed by atoms with Crippen LogP contribution in [-0.4, -0.2) is 11.5 Å². The van der Waals surface area contributed by atoms with E-state index in [1.807, 2.05) is 11.3 Å². The number of nitrogens with two attached hydrogens (primary N) is 1. The maximum absolute atomic E-state index is 5.53. The first kappa shape index (κ1) is 11.6. The van der Waals surface area contributed by atoms with E-state index < -0.39 is 0 Å². The summed E-state index contributed by atoms with van der Waals surface area (Å²) < 4.78 is 1.29. The minimum atomic E-state index is 0.529. The molecule has 1 heterocycles. The summed E-state index contributed by atoms with van der Waals surface area (Å²) in [7, 11) is 0. The summed E-state index contributed by atoms with van der Waals surface area (Å²) in [5, 5.41) is 1.24. The van der Waals surface area contributed by atoms with Gasteiger partial charge in [0.2, 0.25) is 0 Å². The summed E-state index contributed by atoms with van der Waals surface area (Å²) >= 11 is 1.81. The highest BCUT2D eigenvalue weighted by Crippen LogP contribution is 2.30. The van der Waals surface area contributed by atoms with Gasteiger partial charge in [-0.1, -0.05) is 13.0 Å². The first-order valence-electron chi connectivity index (χ1n) is 5.78. The van der Waals surface area contributed by atoms with Crippen molar-refractivity contribution in [1.29, 1.82) is 0 Å². The maximum atomic E-state index is 5.53. The van der Waals surface area contributed by atoms with Gasteiger partial charge in [-0.2, -0.15) is 0 Å². The van der Waals surface area contributed by atoms with Gasteiger partial charge in [-0.3, -0.25) is 0 Å². The SMILES string of the molecule is Cc1ccc2sc(C(C)CCCN)nc2c1. The second-order valence-corrected chi connectivity index (χ2v) is 5.42. The third kappa shape index (κ3) is 2.42. The molecule has 0 aliphatic heterocycles.